The van der Waals surface area contributed by atoms with E-state index in [0.29, 0.717) is 27.9 Å². The predicted molar refractivity (Wildman–Crippen MR) is 84.2 cm³/mol. The molecule has 0 radical (unpaired) electrons. The van der Waals surface area contributed by atoms with E-state index in [1.54, 1.807) is 18.2 Å². The van der Waals surface area contributed by atoms with Crippen LogP contribution < -0.4 is 5.32 Å². The Kier molecular flexibility index (Phi) is 4.23. The molecule has 1 aliphatic heterocycles. The molecular formula is C14H12Cl2N4O3. The number of carbonyl (C=O) groups is 2. The third-order valence-corrected chi connectivity index (χ3v) is 3.93. The van der Waals surface area contributed by atoms with Gasteiger partial charge in [0.15, 0.2) is 0 Å². The Morgan fingerprint density at radius 1 is 1.26 bits per heavy atom. The van der Waals surface area contributed by atoms with Crippen molar-refractivity contribution in [3.63, 3.8) is 0 Å². The molecule has 1 aromatic heterocycles. The van der Waals surface area contributed by atoms with Crippen LogP contribution >= 0.6 is 23.2 Å². The lowest BCUT2D eigenvalue weighted by molar-refractivity contribution is -0.146. The molecule has 3 rings (SSSR count). The van der Waals surface area contributed by atoms with Gasteiger partial charge in [0.05, 0.1) is 0 Å². The van der Waals surface area contributed by atoms with E-state index in [4.69, 9.17) is 27.7 Å². The average Bonchev–Trinajstić information content (AvgIpc) is 2.96. The number of nitrogens with zero attached hydrogens (tertiary/aromatic N) is 3. The summed E-state index contributed by atoms with van der Waals surface area (Å²) >= 11 is 11.9. The van der Waals surface area contributed by atoms with Crippen molar-refractivity contribution in [2.75, 3.05) is 12.4 Å². The van der Waals surface area contributed by atoms with Gasteiger partial charge in [-0.3, -0.25) is 14.5 Å². The van der Waals surface area contributed by atoms with Crippen molar-refractivity contribution in [2.24, 2.45) is 0 Å². The number of rotatable bonds is 3. The van der Waals surface area contributed by atoms with Crippen LogP contribution in [0.5, 0.6) is 0 Å². The summed E-state index contributed by atoms with van der Waals surface area (Å²) in [4.78, 5) is 28.7. The molecule has 1 fully saturated rings. The lowest BCUT2D eigenvalue weighted by atomic mass is 10.1. The third kappa shape index (κ3) is 3.30. The molecule has 0 saturated carbocycles. The number of nitrogens with one attached hydrogen (secondary N) is 1. The number of piperidine rings is 1. The number of halogens is 2. The predicted octanol–water partition coefficient (Wildman–Crippen LogP) is 2.60. The topological polar surface area (TPSA) is 88.3 Å². The SMILES string of the molecule is CN1C(=O)CCC(Nc2nc(-c3cc(Cl)cc(Cl)c3)no2)C1=O. The van der Waals surface area contributed by atoms with Crippen molar-refractivity contribution in [1.82, 2.24) is 15.0 Å². The van der Waals surface area contributed by atoms with Gasteiger partial charge < -0.3 is 9.84 Å². The maximum atomic E-state index is 12.0. The smallest absolute Gasteiger partial charge is 0.322 e. The summed E-state index contributed by atoms with van der Waals surface area (Å²) in [5.74, 6) is -0.232. The lowest BCUT2D eigenvalue weighted by Crippen LogP contribution is -2.48. The molecule has 23 heavy (non-hydrogen) atoms. The molecule has 1 saturated heterocycles. The first-order chi connectivity index (χ1) is 10.9. The number of carbonyl (C=O) groups excluding carboxylic acids is 2. The van der Waals surface area contributed by atoms with Crippen LogP contribution in [0.25, 0.3) is 11.4 Å². The van der Waals surface area contributed by atoms with Crippen LogP contribution in [0.4, 0.5) is 6.01 Å². The van der Waals surface area contributed by atoms with E-state index in [2.05, 4.69) is 15.5 Å². The highest BCUT2D eigenvalue weighted by molar-refractivity contribution is 6.35. The Bertz CT molecular complexity index is 757. The molecule has 1 aromatic carbocycles. The number of likely N-dealkylation sites (tertiary alicyclic amines) is 1. The number of amides is 2. The minimum atomic E-state index is -0.575. The van der Waals surface area contributed by atoms with Crippen LogP contribution in [-0.4, -0.2) is 39.9 Å². The highest BCUT2D eigenvalue weighted by Crippen LogP contribution is 2.26. The van der Waals surface area contributed by atoms with Gasteiger partial charge in [0, 0.05) is 29.1 Å². The van der Waals surface area contributed by atoms with Crippen LogP contribution in [0.1, 0.15) is 12.8 Å². The van der Waals surface area contributed by atoms with Gasteiger partial charge in [-0.25, -0.2) is 0 Å². The second kappa shape index (κ2) is 6.17. The van der Waals surface area contributed by atoms with Gasteiger partial charge in [0.2, 0.25) is 11.7 Å². The fraction of sp³-hybridized carbons (Fsp3) is 0.286. The summed E-state index contributed by atoms with van der Waals surface area (Å²) in [7, 11) is 1.45. The van der Waals surface area contributed by atoms with Gasteiger partial charge in [0.1, 0.15) is 6.04 Å². The van der Waals surface area contributed by atoms with Gasteiger partial charge in [-0.15, -0.1) is 0 Å². The van der Waals surface area contributed by atoms with Gasteiger partial charge in [-0.1, -0.05) is 28.4 Å². The zero-order chi connectivity index (χ0) is 16.6. The number of benzene rings is 1. The molecule has 1 unspecified atom stereocenters. The molecule has 9 heteroatoms. The summed E-state index contributed by atoms with van der Waals surface area (Å²) in [6.45, 7) is 0. The summed E-state index contributed by atoms with van der Waals surface area (Å²) in [6.07, 6.45) is 0.660. The van der Waals surface area contributed by atoms with E-state index in [9.17, 15) is 9.59 Å². The largest absolute Gasteiger partial charge is 0.326 e. The van der Waals surface area contributed by atoms with Crippen LogP contribution in [0, 0.1) is 0 Å². The number of aromatic nitrogens is 2. The van der Waals surface area contributed by atoms with Gasteiger partial charge in [0.25, 0.3) is 5.91 Å². The molecule has 7 nitrogen and oxygen atoms in total. The first-order valence-corrected chi connectivity index (χ1v) is 7.57. The van der Waals surface area contributed by atoms with Gasteiger partial charge in [-0.05, 0) is 24.6 Å². The zero-order valence-electron chi connectivity index (χ0n) is 12.0. The molecule has 1 aliphatic rings. The standard InChI is InChI=1S/C14H12Cl2N4O3/c1-20-11(21)3-2-10(13(20)22)17-14-18-12(19-23-14)7-4-8(15)6-9(16)5-7/h4-6,10H,2-3H2,1H3,(H,17,18,19). The number of imide groups is 1. The van der Waals surface area contributed by atoms with Crippen LogP contribution in [0.3, 0.4) is 0 Å². The molecule has 2 amide bonds. The van der Waals surface area contributed by atoms with E-state index in [-0.39, 0.29) is 24.2 Å². The zero-order valence-corrected chi connectivity index (χ0v) is 13.6. The first kappa shape index (κ1) is 15.8. The fourth-order valence-corrected chi connectivity index (χ4v) is 2.81. The van der Waals surface area contributed by atoms with Crippen molar-refractivity contribution >= 4 is 41.0 Å². The Hall–Kier alpha value is -2.12. The molecule has 2 heterocycles. The van der Waals surface area contributed by atoms with E-state index < -0.39 is 6.04 Å². The number of hydrogen-bond donors (Lipinski definition) is 1. The van der Waals surface area contributed by atoms with E-state index in [0.717, 1.165) is 4.90 Å². The Morgan fingerprint density at radius 3 is 2.65 bits per heavy atom. The van der Waals surface area contributed by atoms with Crippen molar-refractivity contribution in [1.29, 1.82) is 0 Å². The van der Waals surface area contributed by atoms with Crippen molar-refractivity contribution in [2.45, 2.75) is 18.9 Å². The minimum Gasteiger partial charge on any atom is -0.326 e. The summed E-state index contributed by atoms with van der Waals surface area (Å²) in [5, 5.41) is 7.59. The quantitative estimate of drug-likeness (QED) is 0.852. The first-order valence-electron chi connectivity index (χ1n) is 6.81. The van der Waals surface area contributed by atoms with Crippen molar-refractivity contribution in [3.8, 4) is 11.4 Å². The number of hydrogen-bond acceptors (Lipinski definition) is 6. The Labute approximate surface area is 141 Å². The van der Waals surface area contributed by atoms with Crippen molar-refractivity contribution < 1.29 is 14.1 Å². The minimum absolute atomic E-state index is 0.0946. The molecular weight excluding hydrogens is 343 g/mol. The van der Waals surface area contributed by atoms with Crippen molar-refractivity contribution in [3.05, 3.63) is 28.2 Å². The lowest BCUT2D eigenvalue weighted by Gasteiger charge is -2.27. The summed E-state index contributed by atoms with van der Waals surface area (Å²) < 4.78 is 5.10. The van der Waals surface area contributed by atoms with Gasteiger partial charge >= 0.3 is 6.01 Å². The monoisotopic (exact) mass is 354 g/mol. The van der Waals surface area contributed by atoms with E-state index in [1.807, 2.05) is 0 Å². The highest BCUT2D eigenvalue weighted by atomic mass is 35.5. The molecule has 0 aliphatic carbocycles. The molecule has 2 aromatic rings. The van der Waals surface area contributed by atoms with Crippen LogP contribution in [0.15, 0.2) is 22.7 Å². The normalized spacial score (nSPS) is 18.4. The highest BCUT2D eigenvalue weighted by Gasteiger charge is 2.32. The Morgan fingerprint density at radius 2 is 1.96 bits per heavy atom. The molecule has 0 spiro atoms. The summed E-state index contributed by atoms with van der Waals surface area (Å²) in [6, 6.07) is 4.42. The second-order valence-corrected chi connectivity index (χ2v) is 5.98. The Balaban J connectivity index is 1.77. The summed E-state index contributed by atoms with van der Waals surface area (Å²) in [5.41, 5.74) is 0.599. The fourth-order valence-electron chi connectivity index (χ4n) is 2.28. The number of likely N-dealkylation sites (N-methyl/N-ethyl adjacent to an activating group) is 1. The molecule has 120 valence electrons. The molecule has 0 bridgehead atoms. The van der Waals surface area contributed by atoms with Crippen LogP contribution in [0.2, 0.25) is 10.0 Å². The van der Waals surface area contributed by atoms with E-state index in [1.165, 1.54) is 7.05 Å². The molecule has 1 N–H and O–H groups in total. The van der Waals surface area contributed by atoms with Crippen LogP contribution in [-0.2, 0) is 9.59 Å². The maximum Gasteiger partial charge on any atom is 0.322 e. The maximum absolute atomic E-state index is 12.0. The van der Waals surface area contributed by atoms with E-state index >= 15 is 0 Å². The number of anilines is 1. The van der Waals surface area contributed by atoms with Gasteiger partial charge in [-0.2, -0.15) is 4.98 Å². The molecule has 1 atom stereocenters. The second-order valence-electron chi connectivity index (χ2n) is 5.11. The average molecular weight is 355 g/mol. The third-order valence-electron chi connectivity index (χ3n) is 3.49.